The smallest absolute Gasteiger partial charge is 0.0120 e. The monoisotopic (exact) mass is 253 g/mol. The second kappa shape index (κ2) is 6.88. The Morgan fingerprint density at radius 3 is 2.17 bits per heavy atom. The second-order valence-corrected chi connectivity index (χ2v) is 6.46. The molecule has 2 aliphatic rings. The van der Waals surface area contributed by atoms with E-state index in [4.69, 9.17) is 5.73 Å². The molecule has 2 atom stereocenters. The molecule has 0 saturated carbocycles. The van der Waals surface area contributed by atoms with E-state index in [2.05, 4.69) is 23.6 Å². The quantitative estimate of drug-likeness (QED) is 0.831. The fraction of sp³-hybridized carbons (Fsp3) is 1.00. The van der Waals surface area contributed by atoms with Crippen molar-refractivity contribution in [2.24, 2.45) is 11.7 Å². The first-order valence-corrected chi connectivity index (χ1v) is 7.89. The molecule has 2 rings (SSSR count). The highest BCUT2D eigenvalue weighted by Crippen LogP contribution is 2.21. The molecule has 106 valence electrons. The van der Waals surface area contributed by atoms with Gasteiger partial charge in [0.1, 0.15) is 0 Å². The van der Waals surface area contributed by atoms with E-state index in [1.165, 1.54) is 64.8 Å². The molecule has 0 spiro atoms. The van der Waals surface area contributed by atoms with Crippen LogP contribution in [-0.4, -0.2) is 54.6 Å². The summed E-state index contributed by atoms with van der Waals surface area (Å²) in [5, 5.41) is 0. The topological polar surface area (TPSA) is 32.5 Å². The van der Waals surface area contributed by atoms with Gasteiger partial charge >= 0.3 is 0 Å². The molecule has 0 bridgehead atoms. The van der Waals surface area contributed by atoms with Crippen molar-refractivity contribution in [3.63, 3.8) is 0 Å². The predicted octanol–water partition coefficient (Wildman–Crippen LogP) is 1.92. The number of nitrogens with two attached hydrogens (primary N) is 1. The van der Waals surface area contributed by atoms with Crippen molar-refractivity contribution < 1.29 is 0 Å². The molecular formula is C15H31N3. The molecular weight excluding hydrogens is 222 g/mol. The van der Waals surface area contributed by atoms with E-state index < -0.39 is 0 Å². The molecule has 3 heteroatoms. The predicted molar refractivity (Wildman–Crippen MR) is 77.7 cm³/mol. The van der Waals surface area contributed by atoms with Crippen LogP contribution in [0.1, 0.15) is 46.0 Å². The van der Waals surface area contributed by atoms with Crippen LogP contribution in [0.5, 0.6) is 0 Å². The van der Waals surface area contributed by atoms with Crippen molar-refractivity contribution in [3.05, 3.63) is 0 Å². The second-order valence-electron chi connectivity index (χ2n) is 6.46. The number of hydrogen-bond donors (Lipinski definition) is 1. The van der Waals surface area contributed by atoms with Gasteiger partial charge in [0.15, 0.2) is 0 Å². The minimum Gasteiger partial charge on any atom is -0.328 e. The number of hydrogen-bond acceptors (Lipinski definition) is 3. The van der Waals surface area contributed by atoms with E-state index in [1.54, 1.807) is 0 Å². The van der Waals surface area contributed by atoms with Gasteiger partial charge in [-0.05, 0) is 64.7 Å². The summed E-state index contributed by atoms with van der Waals surface area (Å²) in [6.07, 6.45) is 7.02. The Morgan fingerprint density at radius 2 is 1.61 bits per heavy atom. The van der Waals surface area contributed by atoms with Crippen molar-refractivity contribution in [2.45, 2.75) is 58.0 Å². The maximum Gasteiger partial charge on any atom is 0.0120 e. The van der Waals surface area contributed by atoms with E-state index >= 15 is 0 Å². The highest BCUT2D eigenvalue weighted by Gasteiger charge is 2.26. The fourth-order valence-corrected chi connectivity index (χ4v) is 3.32. The molecule has 3 nitrogen and oxygen atoms in total. The molecule has 2 heterocycles. The van der Waals surface area contributed by atoms with Gasteiger partial charge in [0.05, 0.1) is 0 Å². The Labute approximate surface area is 113 Å². The minimum atomic E-state index is 0.324. The van der Waals surface area contributed by atoms with Crippen molar-refractivity contribution >= 4 is 0 Å². The van der Waals surface area contributed by atoms with Gasteiger partial charge in [-0.3, -0.25) is 0 Å². The normalized spacial score (nSPS) is 28.2. The molecule has 0 radical (unpaired) electrons. The molecule has 18 heavy (non-hydrogen) atoms. The average molecular weight is 253 g/mol. The summed E-state index contributed by atoms with van der Waals surface area (Å²) in [7, 11) is 0. The van der Waals surface area contributed by atoms with Gasteiger partial charge in [-0.15, -0.1) is 0 Å². The zero-order valence-electron chi connectivity index (χ0n) is 12.3. The van der Waals surface area contributed by atoms with Crippen molar-refractivity contribution in [2.75, 3.05) is 32.7 Å². The molecule has 2 fully saturated rings. The molecule has 0 aromatic rings. The highest BCUT2D eigenvalue weighted by atomic mass is 15.2. The van der Waals surface area contributed by atoms with Crippen molar-refractivity contribution in [1.29, 1.82) is 0 Å². The lowest BCUT2D eigenvalue weighted by Gasteiger charge is -2.41. The highest BCUT2D eigenvalue weighted by molar-refractivity contribution is 4.82. The van der Waals surface area contributed by atoms with Crippen molar-refractivity contribution in [1.82, 2.24) is 9.80 Å². The molecule has 0 amide bonds. The minimum absolute atomic E-state index is 0.324. The largest absolute Gasteiger partial charge is 0.328 e. The SMILES string of the molecule is CC(N)C(C)CN1CCC(N2CCCCC2)CC1. The van der Waals surface area contributed by atoms with Crippen LogP contribution in [0.25, 0.3) is 0 Å². The van der Waals surface area contributed by atoms with E-state index in [0.717, 1.165) is 6.04 Å². The first kappa shape index (κ1) is 14.3. The number of rotatable bonds is 4. The van der Waals surface area contributed by atoms with Gasteiger partial charge in [0, 0.05) is 18.6 Å². The van der Waals surface area contributed by atoms with E-state index in [0.29, 0.717) is 12.0 Å². The Hall–Kier alpha value is -0.120. The van der Waals surface area contributed by atoms with Gasteiger partial charge < -0.3 is 15.5 Å². The summed E-state index contributed by atoms with van der Waals surface area (Å²) < 4.78 is 0. The maximum atomic E-state index is 5.96. The zero-order chi connectivity index (χ0) is 13.0. The van der Waals surface area contributed by atoms with Crippen molar-refractivity contribution in [3.8, 4) is 0 Å². The number of piperidine rings is 2. The van der Waals surface area contributed by atoms with Gasteiger partial charge in [-0.25, -0.2) is 0 Å². The molecule has 0 aliphatic carbocycles. The zero-order valence-corrected chi connectivity index (χ0v) is 12.3. The number of nitrogens with zero attached hydrogens (tertiary/aromatic N) is 2. The van der Waals surface area contributed by atoms with Crippen LogP contribution in [0, 0.1) is 5.92 Å². The van der Waals surface area contributed by atoms with Gasteiger partial charge in [-0.2, -0.15) is 0 Å². The van der Waals surface area contributed by atoms with Crippen LogP contribution in [0.2, 0.25) is 0 Å². The van der Waals surface area contributed by atoms with Crippen LogP contribution < -0.4 is 5.73 Å². The summed E-state index contributed by atoms with van der Waals surface area (Å²) in [6.45, 7) is 10.8. The van der Waals surface area contributed by atoms with Crippen LogP contribution in [0.3, 0.4) is 0 Å². The van der Waals surface area contributed by atoms with Gasteiger partial charge in [-0.1, -0.05) is 13.3 Å². The van der Waals surface area contributed by atoms with Gasteiger partial charge in [0.25, 0.3) is 0 Å². The average Bonchev–Trinajstić information content (AvgIpc) is 2.40. The maximum absolute atomic E-state index is 5.96. The molecule has 0 aromatic heterocycles. The summed E-state index contributed by atoms with van der Waals surface area (Å²) in [5.41, 5.74) is 5.96. The first-order valence-electron chi connectivity index (χ1n) is 7.89. The third kappa shape index (κ3) is 3.94. The first-order chi connectivity index (χ1) is 8.66. The molecule has 2 unspecified atom stereocenters. The molecule has 2 N–H and O–H groups in total. The molecule has 2 aliphatic heterocycles. The van der Waals surface area contributed by atoms with E-state index in [-0.39, 0.29) is 0 Å². The summed E-state index contributed by atoms with van der Waals surface area (Å²) in [4.78, 5) is 5.37. The van der Waals surface area contributed by atoms with Crippen LogP contribution in [0.4, 0.5) is 0 Å². The van der Waals surface area contributed by atoms with E-state index in [9.17, 15) is 0 Å². The summed E-state index contributed by atoms with van der Waals surface area (Å²) in [5.74, 6) is 0.622. The van der Waals surface area contributed by atoms with E-state index in [1.807, 2.05) is 0 Å². The third-order valence-electron chi connectivity index (χ3n) is 4.91. The molecule has 2 saturated heterocycles. The lowest BCUT2D eigenvalue weighted by atomic mass is 9.98. The van der Waals surface area contributed by atoms with Crippen LogP contribution in [-0.2, 0) is 0 Å². The summed E-state index contributed by atoms with van der Waals surface area (Å²) >= 11 is 0. The summed E-state index contributed by atoms with van der Waals surface area (Å²) in [6, 6.07) is 1.19. The Balaban J connectivity index is 1.70. The number of likely N-dealkylation sites (tertiary alicyclic amines) is 2. The Morgan fingerprint density at radius 1 is 1.00 bits per heavy atom. The lowest BCUT2D eigenvalue weighted by molar-refractivity contribution is 0.0850. The third-order valence-corrected chi connectivity index (χ3v) is 4.91. The Kier molecular flexibility index (Phi) is 5.46. The van der Waals surface area contributed by atoms with Crippen LogP contribution in [0.15, 0.2) is 0 Å². The lowest BCUT2D eigenvalue weighted by Crippen LogP contribution is -2.48. The van der Waals surface area contributed by atoms with Crippen LogP contribution >= 0.6 is 0 Å². The fourth-order valence-electron chi connectivity index (χ4n) is 3.32. The molecule has 0 aromatic carbocycles. The van der Waals surface area contributed by atoms with Gasteiger partial charge in [0.2, 0.25) is 0 Å². The Bertz CT molecular complexity index is 228. The standard InChI is InChI=1S/C15H31N3/c1-13(14(2)16)12-17-10-6-15(7-11-17)18-8-4-3-5-9-18/h13-15H,3-12,16H2,1-2H3.